The van der Waals surface area contributed by atoms with Crippen LogP contribution in [0.2, 0.25) is 0 Å². The molecule has 0 aliphatic carbocycles. The van der Waals surface area contributed by atoms with Gasteiger partial charge in [-0.25, -0.2) is 18.1 Å². The Bertz CT molecular complexity index is 886. The van der Waals surface area contributed by atoms with E-state index in [2.05, 4.69) is 14.7 Å². The lowest BCUT2D eigenvalue weighted by Gasteiger charge is -2.03. The van der Waals surface area contributed by atoms with Crippen LogP contribution in [0.1, 0.15) is 10.6 Å². The van der Waals surface area contributed by atoms with Gasteiger partial charge in [-0.2, -0.15) is 0 Å². The molecule has 0 aromatic carbocycles. The van der Waals surface area contributed by atoms with Crippen molar-refractivity contribution in [2.75, 3.05) is 6.54 Å². The second kappa shape index (κ2) is 6.88. The van der Waals surface area contributed by atoms with E-state index in [1.54, 1.807) is 35.9 Å². The van der Waals surface area contributed by atoms with Crippen LogP contribution in [0.3, 0.4) is 0 Å². The number of rotatable bonds is 6. The van der Waals surface area contributed by atoms with Crippen LogP contribution in [0, 0.1) is 6.92 Å². The van der Waals surface area contributed by atoms with Crippen LogP contribution in [-0.2, 0) is 16.4 Å². The lowest BCUT2D eigenvalue weighted by atomic mass is 10.3. The van der Waals surface area contributed by atoms with Gasteiger partial charge in [-0.3, -0.25) is 4.98 Å². The SMILES string of the molecule is Cc1ccc(S(=O)(=O)NCCc2csc(-c3ccncc3)n2)s1. The standard InChI is InChI=1S/C15H15N3O2S3/c1-11-2-3-14(22-11)23(19,20)17-9-6-13-10-21-15(18-13)12-4-7-16-8-5-12/h2-5,7-8,10,17H,6,9H2,1H3. The van der Waals surface area contributed by atoms with Crippen molar-refractivity contribution in [2.45, 2.75) is 17.6 Å². The van der Waals surface area contributed by atoms with Gasteiger partial charge in [-0.1, -0.05) is 0 Å². The number of aryl methyl sites for hydroxylation is 1. The summed E-state index contributed by atoms with van der Waals surface area (Å²) in [6, 6.07) is 7.25. The molecule has 0 aliphatic heterocycles. The first-order chi connectivity index (χ1) is 11.0. The van der Waals surface area contributed by atoms with Crippen LogP contribution in [-0.4, -0.2) is 24.9 Å². The smallest absolute Gasteiger partial charge is 0.250 e. The Morgan fingerprint density at radius 2 is 1.96 bits per heavy atom. The fourth-order valence-electron chi connectivity index (χ4n) is 1.99. The molecule has 3 aromatic heterocycles. The highest BCUT2D eigenvalue weighted by molar-refractivity contribution is 7.91. The topological polar surface area (TPSA) is 72.0 Å². The van der Waals surface area contributed by atoms with Gasteiger partial charge < -0.3 is 0 Å². The lowest BCUT2D eigenvalue weighted by molar-refractivity contribution is 0.583. The first kappa shape index (κ1) is 16.3. The van der Waals surface area contributed by atoms with Crippen LogP contribution in [0.25, 0.3) is 10.6 Å². The molecule has 0 radical (unpaired) electrons. The van der Waals surface area contributed by atoms with Crippen molar-refractivity contribution >= 4 is 32.7 Å². The number of hydrogen-bond donors (Lipinski definition) is 1. The van der Waals surface area contributed by atoms with Gasteiger partial charge in [0.15, 0.2) is 0 Å². The zero-order valence-electron chi connectivity index (χ0n) is 12.4. The van der Waals surface area contributed by atoms with E-state index in [-0.39, 0.29) is 0 Å². The zero-order valence-corrected chi connectivity index (χ0v) is 14.8. The maximum absolute atomic E-state index is 12.1. The van der Waals surface area contributed by atoms with E-state index in [9.17, 15) is 8.42 Å². The molecule has 5 nitrogen and oxygen atoms in total. The van der Waals surface area contributed by atoms with Crippen molar-refractivity contribution in [3.05, 3.63) is 52.6 Å². The van der Waals surface area contributed by atoms with Gasteiger partial charge in [0.25, 0.3) is 0 Å². The molecule has 3 aromatic rings. The normalized spacial score (nSPS) is 11.7. The Morgan fingerprint density at radius 1 is 1.17 bits per heavy atom. The Morgan fingerprint density at radius 3 is 2.65 bits per heavy atom. The minimum absolute atomic E-state index is 0.332. The quantitative estimate of drug-likeness (QED) is 0.728. The number of sulfonamides is 1. The van der Waals surface area contributed by atoms with E-state index in [0.717, 1.165) is 21.1 Å². The number of nitrogens with zero attached hydrogens (tertiary/aromatic N) is 2. The summed E-state index contributed by atoms with van der Waals surface area (Å²) in [4.78, 5) is 9.50. The van der Waals surface area contributed by atoms with Crippen LogP contribution >= 0.6 is 22.7 Å². The van der Waals surface area contributed by atoms with Gasteiger partial charge >= 0.3 is 0 Å². The van der Waals surface area contributed by atoms with Crippen LogP contribution in [0.5, 0.6) is 0 Å². The second-order valence-corrected chi connectivity index (χ2v) is 9.03. The molecule has 0 atom stereocenters. The highest BCUT2D eigenvalue weighted by Crippen LogP contribution is 2.23. The molecule has 120 valence electrons. The molecule has 0 spiro atoms. The van der Waals surface area contributed by atoms with Crippen LogP contribution in [0.15, 0.2) is 46.2 Å². The van der Waals surface area contributed by atoms with Gasteiger partial charge in [0.05, 0.1) is 5.69 Å². The number of nitrogens with one attached hydrogen (secondary N) is 1. The minimum Gasteiger partial charge on any atom is -0.265 e. The Kier molecular flexibility index (Phi) is 4.86. The molecule has 0 fully saturated rings. The summed E-state index contributed by atoms with van der Waals surface area (Å²) in [7, 11) is -3.42. The third-order valence-electron chi connectivity index (χ3n) is 3.13. The summed E-state index contributed by atoms with van der Waals surface area (Å²) in [6.45, 7) is 2.22. The summed E-state index contributed by atoms with van der Waals surface area (Å²) in [6.07, 6.45) is 4.02. The average Bonchev–Trinajstić information content (AvgIpc) is 3.17. The fraction of sp³-hybridized carbons (Fsp3) is 0.200. The van der Waals surface area contributed by atoms with Crippen LogP contribution < -0.4 is 4.72 Å². The summed E-state index contributed by atoms with van der Waals surface area (Å²) in [5.74, 6) is 0. The highest BCUT2D eigenvalue weighted by Gasteiger charge is 2.15. The van der Waals surface area contributed by atoms with Gasteiger partial charge in [0.2, 0.25) is 10.0 Å². The maximum Gasteiger partial charge on any atom is 0.250 e. The van der Waals surface area contributed by atoms with Crippen molar-refractivity contribution in [3.8, 4) is 10.6 Å². The molecule has 23 heavy (non-hydrogen) atoms. The van der Waals surface area contributed by atoms with Crippen molar-refractivity contribution < 1.29 is 8.42 Å². The summed E-state index contributed by atoms with van der Waals surface area (Å²) >= 11 is 2.82. The lowest BCUT2D eigenvalue weighted by Crippen LogP contribution is -2.25. The van der Waals surface area contributed by atoms with Crippen molar-refractivity contribution in [3.63, 3.8) is 0 Å². The largest absolute Gasteiger partial charge is 0.265 e. The fourth-order valence-corrected chi connectivity index (χ4v) is 5.21. The molecule has 0 aliphatic rings. The van der Waals surface area contributed by atoms with E-state index in [4.69, 9.17) is 0 Å². The Hall–Kier alpha value is -1.61. The van der Waals surface area contributed by atoms with E-state index >= 15 is 0 Å². The van der Waals surface area contributed by atoms with Crippen molar-refractivity contribution in [2.24, 2.45) is 0 Å². The van der Waals surface area contributed by atoms with E-state index in [1.807, 2.05) is 24.4 Å². The first-order valence-electron chi connectivity index (χ1n) is 6.95. The van der Waals surface area contributed by atoms with Gasteiger partial charge in [0.1, 0.15) is 9.22 Å². The first-order valence-corrected chi connectivity index (χ1v) is 10.1. The molecule has 0 unspecified atom stereocenters. The Balaban J connectivity index is 1.60. The van der Waals surface area contributed by atoms with E-state index in [1.165, 1.54) is 11.3 Å². The molecule has 3 rings (SSSR count). The van der Waals surface area contributed by atoms with Crippen LogP contribution in [0.4, 0.5) is 0 Å². The Labute approximate surface area is 143 Å². The average molecular weight is 366 g/mol. The molecule has 0 saturated heterocycles. The molecule has 3 heterocycles. The van der Waals surface area contributed by atoms with Gasteiger partial charge in [0, 0.05) is 41.2 Å². The van der Waals surface area contributed by atoms with Gasteiger partial charge in [-0.05, 0) is 31.2 Å². The summed E-state index contributed by atoms with van der Waals surface area (Å²) < 4.78 is 27.2. The predicted octanol–water partition coefficient (Wildman–Crippen LogP) is 3.10. The molecular weight excluding hydrogens is 350 g/mol. The van der Waals surface area contributed by atoms with E-state index in [0.29, 0.717) is 17.2 Å². The van der Waals surface area contributed by atoms with Crippen molar-refractivity contribution in [1.82, 2.24) is 14.7 Å². The number of aromatic nitrogens is 2. The second-order valence-electron chi connectivity index (χ2n) is 4.89. The minimum atomic E-state index is -3.42. The monoisotopic (exact) mass is 365 g/mol. The summed E-state index contributed by atoms with van der Waals surface area (Å²) in [5, 5.41) is 2.87. The number of pyridine rings is 1. The molecule has 1 N–H and O–H groups in total. The predicted molar refractivity (Wildman–Crippen MR) is 93.3 cm³/mol. The third kappa shape index (κ3) is 4.03. The molecule has 8 heteroatoms. The van der Waals surface area contributed by atoms with Gasteiger partial charge in [-0.15, -0.1) is 22.7 Å². The third-order valence-corrected chi connectivity index (χ3v) is 7.03. The summed E-state index contributed by atoms with van der Waals surface area (Å²) in [5.41, 5.74) is 1.90. The van der Waals surface area contributed by atoms with Crippen molar-refractivity contribution in [1.29, 1.82) is 0 Å². The molecule has 0 bridgehead atoms. The highest BCUT2D eigenvalue weighted by atomic mass is 32.2. The van der Waals surface area contributed by atoms with E-state index < -0.39 is 10.0 Å². The number of thiophene rings is 1. The molecule has 0 amide bonds. The zero-order chi connectivity index (χ0) is 16.3. The number of hydrogen-bond acceptors (Lipinski definition) is 6. The maximum atomic E-state index is 12.1. The molecular formula is C15H15N3O2S3. The number of thiazole rings is 1. The molecule has 0 saturated carbocycles.